The number of unbranched alkanes of at least 4 members (excludes halogenated alkanes) is 1. The molecule has 6 aromatic rings. The predicted molar refractivity (Wildman–Crippen MR) is 157 cm³/mol. The van der Waals surface area contributed by atoms with Crippen LogP contribution in [0.5, 0.6) is 5.75 Å². The Hall–Kier alpha value is -5.18. The Morgan fingerprint density at radius 3 is 2.46 bits per heavy atom. The number of aryl methyl sites for hydroxylation is 1. The Balaban J connectivity index is 1.31. The third-order valence-electron chi connectivity index (χ3n) is 6.95. The molecule has 204 valence electrons. The fraction of sp³-hybridized carbons (Fsp3) is 0.188. The number of ether oxygens (including phenoxy) is 1. The number of tetrazole rings is 1. The van der Waals surface area contributed by atoms with Gasteiger partial charge in [0, 0.05) is 23.7 Å². The number of aromatic nitrogens is 7. The lowest BCUT2D eigenvalue weighted by atomic mass is 10.0. The van der Waals surface area contributed by atoms with Gasteiger partial charge in [-0.25, -0.2) is 4.98 Å². The van der Waals surface area contributed by atoms with Crippen LogP contribution in [0.4, 0.5) is 0 Å². The number of nitrogens with zero attached hydrogens (tertiary/aromatic N) is 6. The van der Waals surface area contributed by atoms with Crippen LogP contribution in [0.2, 0.25) is 0 Å². The zero-order valence-corrected chi connectivity index (χ0v) is 22.7. The number of para-hydroxylation sites is 1. The van der Waals surface area contributed by atoms with Gasteiger partial charge in [0.25, 0.3) is 5.56 Å². The quantitative estimate of drug-likeness (QED) is 0.239. The standard InChI is InChI=1S/C32H29N7O2/c1-2-3-13-30-34-29-17-14-22(21-41-24-9-5-4-6-10-24)18-27(29)32(40)39(30)20-23-15-16-28(33-19-23)25-11-7-8-12-26(25)31-35-37-38-36-31/h4-12,14-19H,2-3,13,20-21H2,1H3,(H,35,36,37,38). The van der Waals surface area contributed by atoms with Gasteiger partial charge in [-0.3, -0.25) is 14.3 Å². The summed E-state index contributed by atoms with van der Waals surface area (Å²) in [6.45, 7) is 2.89. The average molecular weight is 544 g/mol. The fourth-order valence-electron chi connectivity index (χ4n) is 4.81. The maximum atomic E-state index is 13.8. The lowest BCUT2D eigenvalue weighted by Gasteiger charge is -2.15. The molecule has 3 aromatic carbocycles. The first kappa shape index (κ1) is 26.1. The van der Waals surface area contributed by atoms with Crippen LogP contribution in [0.1, 0.15) is 36.7 Å². The van der Waals surface area contributed by atoms with Gasteiger partial charge in [-0.2, -0.15) is 5.21 Å². The third kappa shape index (κ3) is 5.74. The molecule has 0 atom stereocenters. The van der Waals surface area contributed by atoms with Crippen molar-refractivity contribution < 1.29 is 4.74 Å². The maximum Gasteiger partial charge on any atom is 0.261 e. The van der Waals surface area contributed by atoms with E-state index in [9.17, 15) is 4.79 Å². The second-order valence-electron chi connectivity index (χ2n) is 9.81. The van der Waals surface area contributed by atoms with Crippen molar-refractivity contribution in [3.8, 4) is 28.4 Å². The van der Waals surface area contributed by atoms with Crippen molar-refractivity contribution in [2.45, 2.75) is 39.3 Å². The van der Waals surface area contributed by atoms with Crippen molar-refractivity contribution in [1.29, 1.82) is 0 Å². The Morgan fingerprint density at radius 2 is 1.71 bits per heavy atom. The molecular formula is C32H29N7O2. The van der Waals surface area contributed by atoms with Crippen LogP contribution >= 0.6 is 0 Å². The summed E-state index contributed by atoms with van der Waals surface area (Å²) in [6.07, 6.45) is 4.50. The van der Waals surface area contributed by atoms with E-state index in [1.807, 2.05) is 91.1 Å². The molecule has 0 amide bonds. The van der Waals surface area contributed by atoms with Gasteiger partial charge in [-0.1, -0.05) is 67.9 Å². The minimum absolute atomic E-state index is 0.0609. The summed E-state index contributed by atoms with van der Waals surface area (Å²) in [5.41, 5.74) is 4.99. The largest absolute Gasteiger partial charge is 0.489 e. The number of nitrogens with one attached hydrogen (secondary N) is 1. The number of hydrogen-bond acceptors (Lipinski definition) is 7. The maximum absolute atomic E-state index is 13.8. The number of H-pyrrole nitrogens is 1. The second kappa shape index (κ2) is 11.9. The number of pyridine rings is 1. The van der Waals surface area contributed by atoms with E-state index in [0.717, 1.165) is 58.8 Å². The zero-order valence-electron chi connectivity index (χ0n) is 22.7. The topological polar surface area (TPSA) is 111 Å². The molecule has 9 heteroatoms. The Labute approximate surface area is 236 Å². The molecule has 0 aliphatic carbocycles. The summed E-state index contributed by atoms with van der Waals surface area (Å²) in [7, 11) is 0. The van der Waals surface area contributed by atoms with E-state index < -0.39 is 0 Å². The van der Waals surface area contributed by atoms with Crippen LogP contribution < -0.4 is 10.3 Å². The highest BCUT2D eigenvalue weighted by atomic mass is 16.5. The Bertz CT molecular complexity index is 1820. The van der Waals surface area contributed by atoms with Crippen molar-refractivity contribution in [1.82, 2.24) is 35.2 Å². The van der Waals surface area contributed by atoms with Gasteiger partial charge < -0.3 is 4.74 Å². The second-order valence-corrected chi connectivity index (χ2v) is 9.81. The van der Waals surface area contributed by atoms with Crippen LogP contribution in [-0.2, 0) is 19.6 Å². The smallest absolute Gasteiger partial charge is 0.261 e. The van der Waals surface area contributed by atoms with E-state index in [0.29, 0.717) is 29.9 Å². The summed E-state index contributed by atoms with van der Waals surface area (Å²) in [5.74, 6) is 2.08. The molecule has 0 spiro atoms. The van der Waals surface area contributed by atoms with Gasteiger partial charge in [0.15, 0.2) is 0 Å². The summed E-state index contributed by atoms with van der Waals surface area (Å²) >= 11 is 0. The predicted octanol–water partition coefficient (Wildman–Crippen LogP) is 5.61. The molecule has 3 aromatic heterocycles. The molecule has 0 radical (unpaired) electrons. The number of rotatable bonds is 10. The number of fused-ring (bicyclic) bond motifs is 1. The van der Waals surface area contributed by atoms with E-state index >= 15 is 0 Å². The molecule has 1 N–H and O–H groups in total. The van der Waals surface area contributed by atoms with Crippen LogP contribution in [-0.4, -0.2) is 35.2 Å². The van der Waals surface area contributed by atoms with Gasteiger partial charge >= 0.3 is 0 Å². The first-order valence-electron chi connectivity index (χ1n) is 13.7. The summed E-state index contributed by atoms with van der Waals surface area (Å²) < 4.78 is 7.69. The van der Waals surface area contributed by atoms with Gasteiger partial charge in [0.2, 0.25) is 5.82 Å². The number of aromatic amines is 1. The average Bonchev–Trinajstić information content (AvgIpc) is 3.57. The van der Waals surface area contributed by atoms with Gasteiger partial charge in [0.05, 0.1) is 23.1 Å². The summed E-state index contributed by atoms with van der Waals surface area (Å²) in [5, 5.41) is 15.0. The van der Waals surface area contributed by atoms with Crippen molar-refractivity contribution in [2.75, 3.05) is 0 Å². The minimum atomic E-state index is -0.0609. The van der Waals surface area contributed by atoms with Crippen molar-refractivity contribution in [3.63, 3.8) is 0 Å². The Kier molecular flexibility index (Phi) is 7.57. The van der Waals surface area contributed by atoms with Crippen molar-refractivity contribution in [2.24, 2.45) is 0 Å². The number of hydrogen-bond donors (Lipinski definition) is 1. The van der Waals surface area contributed by atoms with Gasteiger partial charge in [-0.15, -0.1) is 10.2 Å². The molecule has 9 nitrogen and oxygen atoms in total. The van der Waals surface area contributed by atoms with Crippen LogP contribution in [0.25, 0.3) is 33.5 Å². The lowest BCUT2D eigenvalue weighted by Crippen LogP contribution is -2.26. The molecule has 3 heterocycles. The fourth-order valence-corrected chi connectivity index (χ4v) is 4.81. The van der Waals surface area contributed by atoms with E-state index in [1.165, 1.54) is 0 Å². The molecule has 41 heavy (non-hydrogen) atoms. The normalized spacial score (nSPS) is 11.1. The van der Waals surface area contributed by atoms with E-state index in [4.69, 9.17) is 14.7 Å². The SMILES string of the molecule is CCCCc1nc2ccc(COc3ccccc3)cc2c(=O)n1Cc1ccc(-c2ccccc2-c2nn[nH]n2)nc1. The highest BCUT2D eigenvalue weighted by Gasteiger charge is 2.15. The highest BCUT2D eigenvalue weighted by Crippen LogP contribution is 2.28. The Morgan fingerprint density at radius 1 is 0.902 bits per heavy atom. The summed E-state index contributed by atoms with van der Waals surface area (Å²) in [4.78, 5) is 23.5. The number of benzene rings is 3. The molecule has 0 bridgehead atoms. The third-order valence-corrected chi connectivity index (χ3v) is 6.95. The van der Waals surface area contributed by atoms with Crippen molar-refractivity contribution in [3.05, 3.63) is 118 Å². The summed E-state index contributed by atoms with van der Waals surface area (Å²) in [6, 6.07) is 27.2. The molecule has 0 unspecified atom stereocenters. The minimum Gasteiger partial charge on any atom is -0.489 e. The molecule has 0 saturated carbocycles. The monoisotopic (exact) mass is 543 g/mol. The molecular weight excluding hydrogens is 514 g/mol. The van der Waals surface area contributed by atoms with Crippen LogP contribution in [0.15, 0.2) is 95.9 Å². The van der Waals surface area contributed by atoms with E-state index in [2.05, 4.69) is 27.5 Å². The highest BCUT2D eigenvalue weighted by molar-refractivity contribution is 5.79. The van der Waals surface area contributed by atoms with Crippen LogP contribution in [0, 0.1) is 0 Å². The molecule has 0 saturated heterocycles. The zero-order chi connectivity index (χ0) is 28.0. The van der Waals surface area contributed by atoms with Gasteiger partial charge in [0.1, 0.15) is 18.2 Å². The molecule has 0 fully saturated rings. The molecule has 0 aliphatic rings. The van der Waals surface area contributed by atoms with Gasteiger partial charge in [-0.05, 0) is 53.1 Å². The van der Waals surface area contributed by atoms with Crippen LogP contribution in [0.3, 0.4) is 0 Å². The lowest BCUT2D eigenvalue weighted by molar-refractivity contribution is 0.306. The molecule has 0 aliphatic heterocycles. The first-order valence-corrected chi connectivity index (χ1v) is 13.7. The first-order chi connectivity index (χ1) is 20.2. The van der Waals surface area contributed by atoms with E-state index in [1.54, 1.807) is 4.57 Å². The van der Waals surface area contributed by atoms with Crippen molar-refractivity contribution >= 4 is 10.9 Å². The molecule has 6 rings (SSSR count). The van der Waals surface area contributed by atoms with E-state index in [-0.39, 0.29) is 5.56 Å².